The van der Waals surface area contributed by atoms with Crippen molar-refractivity contribution in [3.8, 4) is 0 Å². The summed E-state index contributed by atoms with van der Waals surface area (Å²) in [7, 11) is 0. The van der Waals surface area contributed by atoms with Crippen LogP contribution in [0.5, 0.6) is 0 Å². The molecule has 0 radical (unpaired) electrons. The molecule has 1 amide bonds. The van der Waals surface area contributed by atoms with Gasteiger partial charge in [0.05, 0.1) is 5.69 Å². The van der Waals surface area contributed by atoms with Crippen molar-refractivity contribution in [1.82, 2.24) is 5.32 Å². The van der Waals surface area contributed by atoms with Gasteiger partial charge in [-0.3, -0.25) is 4.79 Å². The summed E-state index contributed by atoms with van der Waals surface area (Å²) in [5.74, 6) is -3.19. The zero-order valence-electron chi connectivity index (χ0n) is 11.5. The van der Waals surface area contributed by atoms with Gasteiger partial charge in [-0.05, 0) is 48.1 Å². The normalized spacial score (nSPS) is 16.1. The van der Waals surface area contributed by atoms with Crippen molar-refractivity contribution < 1.29 is 18.0 Å². The fourth-order valence-electron chi connectivity index (χ4n) is 2.16. The predicted octanol–water partition coefficient (Wildman–Crippen LogP) is 3.37. The molecule has 3 nitrogen and oxygen atoms in total. The fourth-order valence-corrected chi connectivity index (χ4v) is 2.45. The van der Waals surface area contributed by atoms with Crippen molar-refractivity contribution in [2.24, 2.45) is 0 Å². The monoisotopic (exact) mass is 334 g/mol. The van der Waals surface area contributed by atoms with Gasteiger partial charge in [-0.1, -0.05) is 18.2 Å². The Labute approximate surface area is 135 Å². The molecule has 0 aromatic heterocycles. The van der Waals surface area contributed by atoms with Crippen LogP contribution in [-0.4, -0.2) is 11.0 Å². The van der Waals surface area contributed by atoms with E-state index in [1.54, 1.807) is 6.07 Å². The Morgan fingerprint density at radius 2 is 1.74 bits per heavy atom. The summed E-state index contributed by atoms with van der Waals surface area (Å²) in [5.41, 5.74) is 0.339. The highest BCUT2D eigenvalue weighted by Gasteiger charge is 2.33. The summed E-state index contributed by atoms with van der Waals surface area (Å²) in [6.45, 7) is 0. The minimum atomic E-state index is -1.03. The lowest BCUT2D eigenvalue weighted by molar-refractivity contribution is -0.113. The number of hydrogen-bond acceptors (Lipinski definition) is 2. The highest BCUT2D eigenvalue weighted by Crippen LogP contribution is 2.25. The molecule has 3 rings (SSSR count). The molecule has 0 spiro atoms. The first-order chi connectivity index (χ1) is 11.0. The zero-order chi connectivity index (χ0) is 16.6. The van der Waals surface area contributed by atoms with Gasteiger partial charge in [0.2, 0.25) is 0 Å². The second kappa shape index (κ2) is 5.85. The average Bonchev–Trinajstić information content (AvgIpc) is 2.78. The predicted molar refractivity (Wildman–Crippen MR) is 84.0 cm³/mol. The van der Waals surface area contributed by atoms with E-state index >= 15 is 0 Å². The van der Waals surface area contributed by atoms with Crippen LogP contribution in [0.25, 0.3) is 6.08 Å². The van der Waals surface area contributed by atoms with E-state index in [4.69, 9.17) is 12.2 Å². The lowest BCUT2D eigenvalue weighted by Gasteiger charge is -2.14. The second-order valence-corrected chi connectivity index (χ2v) is 5.14. The first kappa shape index (κ1) is 15.2. The number of carbonyl (C=O) groups is 1. The van der Waals surface area contributed by atoms with E-state index in [0.29, 0.717) is 0 Å². The molecule has 23 heavy (non-hydrogen) atoms. The van der Waals surface area contributed by atoms with Gasteiger partial charge in [0.25, 0.3) is 5.91 Å². The van der Waals surface area contributed by atoms with E-state index in [9.17, 15) is 18.0 Å². The number of nitrogens with one attached hydrogen (secondary N) is 1. The molecular weight excluding hydrogens is 325 g/mol. The number of para-hydroxylation sites is 1. The third-order valence-electron chi connectivity index (χ3n) is 3.23. The van der Waals surface area contributed by atoms with E-state index in [1.807, 2.05) is 0 Å². The van der Waals surface area contributed by atoms with Crippen LogP contribution in [0.2, 0.25) is 0 Å². The lowest BCUT2D eigenvalue weighted by atomic mass is 10.1. The first-order valence-electron chi connectivity index (χ1n) is 6.54. The highest BCUT2D eigenvalue weighted by atomic mass is 32.1. The van der Waals surface area contributed by atoms with Crippen molar-refractivity contribution in [3.05, 3.63) is 71.2 Å². The van der Waals surface area contributed by atoms with E-state index in [2.05, 4.69) is 5.32 Å². The van der Waals surface area contributed by atoms with Crippen LogP contribution in [-0.2, 0) is 4.79 Å². The number of nitrogens with zero attached hydrogens (tertiary/aromatic N) is 1. The molecule has 1 N–H and O–H groups in total. The maximum absolute atomic E-state index is 13.8. The smallest absolute Gasteiger partial charge is 0.281 e. The van der Waals surface area contributed by atoms with E-state index in [0.717, 1.165) is 17.0 Å². The van der Waals surface area contributed by atoms with Crippen LogP contribution in [0, 0.1) is 17.5 Å². The molecular formula is C16H9F3N2OS. The Kier molecular flexibility index (Phi) is 3.87. The molecule has 116 valence electrons. The van der Waals surface area contributed by atoms with Crippen LogP contribution >= 0.6 is 12.2 Å². The number of rotatable bonds is 2. The van der Waals surface area contributed by atoms with Gasteiger partial charge >= 0.3 is 0 Å². The largest absolute Gasteiger partial charge is 0.327 e. The van der Waals surface area contributed by atoms with Gasteiger partial charge in [-0.15, -0.1) is 0 Å². The van der Waals surface area contributed by atoms with Crippen LogP contribution in [0.15, 0.2) is 48.2 Å². The van der Waals surface area contributed by atoms with Crippen LogP contribution in [0.1, 0.15) is 5.56 Å². The summed E-state index contributed by atoms with van der Waals surface area (Å²) in [6, 6.07) is 8.92. The molecule has 1 fully saturated rings. The van der Waals surface area contributed by atoms with Crippen LogP contribution < -0.4 is 10.2 Å². The number of anilines is 1. The summed E-state index contributed by atoms with van der Waals surface area (Å²) < 4.78 is 40.0. The summed E-state index contributed by atoms with van der Waals surface area (Å²) >= 11 is 5.05. The van der Waals surface area contributed by atoms with Gasteiger partial charge in [-0.2, -0.15) is 0 Å². The van der Waals surface area contributed by atoms with Crippen molar-refractivity contribution >= 4 is 35.0 Å². The fraction of sp³-hybridized carbons (Fsp3) is 0. The molecule has 2 aromatic carbocycles. The Bertz CT molecular complexity index is 851. The third kappa shape index (κ3) is 2.83. The van der Waals surface area contributed by atoms with Gasteiger partial charge in [0, 0.05) is 0 Å². The Hall–Kier alpha value is -2.67. The van der Waals surface area contributed by atoms with Crippen LogP contribution in [0.4, 0.5) is 18.9 Å². The molecule has 1 saturated heterocycles. The molecule has 0 unspecified atom stereocenters. The first-order valence-corrected chi connectivity index (χ1v) is 6.95. The molecule has 0 bridgehead atoms. The maximum Gasteiger partial charge on any atom is 0.281 e. The SMILES string of the molecule is O=C1/C(=C/c2ccc(F)c(F)c2)NC(=S)N1c1ccccc1F. The van der Waals surface area contributed by atoms with E-state index in [1.165, 1.54) is 30.3 Å². The minimum Gasteiger partial charge on any atom is -0.327 e. The van der Waals surface area contributed by atoms with Gasteiger partial charge in [0.15, 0.2) is 16.7 Å². The number of halogens is 3. The number of hydrogen-bond donors (Lipinski definition) is 1. The van der Waals surface area contributed by atoms with Crippen molar-refractivity contribution in [2.75, 3.05) is 4.90 Å². The van der Waals surface area contributed by atoms with Gasteiger partial charge < -0.3 is 5.32 Å². The number of carbonyl (C=O) groups excluding carboxylic acids is 1. The topological polar surface area (TPSA) is 32.3 Å². The molecule has 1 aliphatic rings. The molecule has 7 heteroatoms. The zero-order valence-corrected chi connectivity index (χ0v) is 12.3. The van der Waals surface area contributed by atoms with E-state index in [-0.39, 0.29) is 22.1 Å². The summed E-state index contributed by atoms with van der Waals surface area (Å²) in [5, 5.41) is 2.66. The Morgan fingerprint density at radius 1 is 1.00 bits per heavy atom. The Balaban J connectivity index is 1.96. The third-order valence-corrected chi connectivity index (χ3v) is 3.51. The molecule has 0 atom stereocenters. The van der Waals surface area contributed by atoms with Crippen molar-refractivity contribution in [2.45, 2.75) is 0 Å². The molecule has 1 aliphatic heterocycles. The van der Waals surface area contributed by atoms with Crippen molar-refractivity contribution in [1.29, 1.82) is 0 Å². The van der Waals surface area contributed by atoms with E-state index < -0.39 is 23.4 Å². The van der Waals surface area contributed by atoms with Gasteiger partial charge in [0.1, 0.15) is 11.5 Å². The summed E-state index contributed by atoms with van der Waals surface area (Å²) in [6.07, 6.45) is 1.32. The molecule has 0 aliphatic carbocycles. The standard InChI is InChI=1S/C16H9F3N2OS/c17-10-6-5-9(7-12(10)19)8-13-15(22)21(16(23)20-13)14-4-2-1-3-11(14)18/h1-8H,(H,20,23)/b13-8-. The molecule has 0 saturated carbocycles. The molecule has 1 heterocycles. The quantitative estimate of drug-likeness (QED) is 0.675. The number of thiocarbonyl (C=S) groups is 1. The Morgan fingerprint density at radius 3 is 2.43 bits per heavy atom. The number of benzene rings is 2. The second-order valence-electron chi connectivity index (χ2n) is 4.75. The highest BCUT2D eigenvalue weighted by molar-refractivity contribution is 7.80. The summed E-state index contributed by atoms with van der Waals surface area (Å²) in [4.78, 5) is 13.4. The molecule has 2 aromatic rings. The average molecular weight is 334 g/mol. The van der Waals surface area contributed by atoms with Crippen LogP contribution in [0.3, 0.4) is 0 Å². The maximum atomic E-state index is 13.8. The number of amides is 1. The van der Waals surface area contributed by atoms with Crippen molar-refractivity contribution in [3.63, 3.8) is 0 Å². The lowest BCUT2D eigenvalue weighted by Crippen LogP contribution is -2.31. The minimum absolute atomic E-state index is 0.00827. The van der Waals surface area contributed by atoms with Gasteiger partial charge in [-0.25, -0.2) is 18.1 Å².